The highest BCUT2D eigenvalue weighted by Crippen LogP contribution is 1.87. The maximum absolute atomic E-state index is 9.50. The number of rotatable bonds is 4. The van der Waals surface area contributed by atoms with Gasteiger partial charge in [-0.15, -0.1) is 33.7 Å². The van der Waals surface area contributed by atoms with E-state index in [-0.39, 0.29) is 11.0 Å². The average Bonchev–Trinajstić information content (AvgIpc) is 1.64. The summed E-state index contributed by atoms with van der Waals surface area (Å²) < 4.78 is 110. The van der Waals surface area contributed by atoms with Gasteiger partial charge in [-0.3, -0.25) is 0 Å². The first-order chi connectivity index (χ1) is 7.41. The molecular formula is H8O16S4. The fourth-order valence-corrected chi connectivity index (χ4v) is 2.14. The van der Waals surface area contributed by atoms with Crippen molar-refractivity contribution in [3.05, 3.63) is 0 Å². The lowest BCUT2D eigenvalue weighted by molar-refractivity contribution is 0.249. The van der Waals surface area contributed by atoms with Crippen molar-refractivity contribution in [3.8, 4) is 0 Å². The summed E-state index contributed by atoms with van der Waals surface area (Å²) in [6.07, 6.45) is 0. The number of hydrogen-bond donors (Lipinski definition) is 4. The van der Waals surface area contributed by atoms with Crippen molar-refractivity contribution in [1.29, 1.82) is 0 Å². The van der Waals surface area contributed by atoms with Gasteiger partial charge < -0.3 is 11.0 Å². The molecule has 20 heteroatoms. The first kappa shape index (κ1) is 27.8. The van der Waals surface area contributed by atoms with Crippen LogP contribution < -0.4 is 0 Å². The molecule has 0 amide bonds. The Bertz CT molecular complexity index is 527. The van der Waals surface area contributed by atoms with E-state index >= 15 is 0 Å². The van der Waals surface area contributed by atoms with Gasteiger partial charge >= 0.3 is 41.6 Å². The molecule has 0 atom stereocenters. The van der Waals surface area contributed by atoms with Crippen molar-refractivity contribution < 1.29 is 70.1 Å². The van der Waals surface area contributed by atoms with Crippen LogP contribution in [-0.2, 0) is 41.6 Å². The highest BCUT2D eigenvalue weighted by Gasteiger charge is 2.23. The molecule has 0 unspecified atom stereocenters. The zero-order chi connectivity index (χ0) is 15.4. The molecule has 0 rings (SSSR count). The summed E-state index contributed by atoms with van der Waals surface area (Å²) in [5, 5.41) is 0. The standard InChI is InChI=1S/2H2O7S2.2H2O/c2*1-8(2,3)7-9(4,5)6;;/h2*(H,1,2,3)(H,4,5,6);2*1H2. The van der Waals surface area contributed by atoms with Gasteiger partial charge in [-0.25, -0.2) is 18.2 Å². The lowest BCUT2D eigenvalue weighted by Crippen LogP contribution is -2.16. The molecule has 128 valence electrons. The van der Waals surface area contributed by atoms with Crippen LogP contribution in [-0.4, -0.2) is 70.1 Å². The second-order valence-electron chi connectivity index (χ2n) is 1.94. The second-order valence-corrected chi connectivity index (χ2v) is 6.72. The summed E-state index contributed by atoms with van der Waals surface area (Å²) in [6, 6.07) is 0. The van der Waals surface area contributed by atoms with Crippen LogP contribution in [0, 0.1) is 0 Å². The summed E-state index contributed by atoms with van der Waals surface area (Å²) in [4.78, 5) is 0. The van der Waals surface area contributed by atoms with Crippen molar-refractivity contribution in [3.63, 3.8) is 0 Å². The van der Waals surface area contributed by atoms with Crippen LogP contribution in [0.5, 0.6) is 0 Å². The Labute approximate surface area is 112 Å². The summed E-state index contributed by atoms with van der Waals surface area (Å²) in [6.45, 7) is 0. The monoisotopic (exact) mass is 392 g/mol. The summed E-state index contributed by atoms with van der Waals surface area (Å²) in [5.41, 5.74) is 0. The maximum Gasteiger partial charge on any atom is 0.545 e. The highest BCUT2D eigenvalue weighted by atomic mass is 32.3. The quantitative estimate of drug-likeness (QED) is 0.274. The molecule has 0 heterocycles. The van der Waals surface area contributed by atoms with Crippen LogP contribution in [0.1, 0.15) is 0 Å². The summed E-state index contributed by atoms with van der Waals surface area (Å²) >= 11 is 0. The van der Waals surface area contributed by atoms with Gasteiger partial charge in [0.25, 0.3) is 0 Å². The fraction of sp³-hybridized carbons (Fsp3) is 0. The summed E-state index contributed by atoms with van der Waals surface area (Å²) in [5.74, 6) is 0. The molecule has 0 aliphatic rings. The molecular weight excluding hydrogens is 384 g/mol. The van der Waals surface area contributed by atoms with Crippen LogP contribution in [0.25, 0.3) is 0 Å². The van der Waals surface area contributed by atoms with Gasteiger partial charge in [-0.1, -0.05) is 0 Å². The van der Waals surface area contributed by atoms with Gasteiger partial charge in [-0.05, 0) is 0 Å². The Hall–Kier alpha value is -0.520. The van der Waals surface area contributed by atoms with Crippen LogP contribution in [0.2, 0.25) is 0 Å². The number of hydrogen-bond acceptors (Lipinski definition) is 10. The van der Waals surface area contributed by atoms with E-state index in [4.69, 9.17) is 18.2 Å². The van der Waals surface area contributed by atoms with E-state index in [2.05, 4.69) is 0 Å². The minimum absolute atomic E-state index is 0. The van der Waals surface area contributed by atoms with Gasteiger partial charge in [0.1, 0.15) is 0 Å². The maximum atomic E-state index is 9.50. The molecule has 0 aromatic carbocycles. The predicted molar refractivity (Wildman–Crippen MR) is 55.3 cm³/mol. The highest BCUT2D eigenvalue weighted by molar-refractivity contribution is 7.93. The van der Waals surface area contributed by atoms with Gasteiger partial charge in [0.15, 0.2) is 0 Å². The normalized spacial score (nSPS) is 12.2. The van der Waals surface area contributed by atoms with Crippen molar-refractivity contribution in [2.24, 2.45) is 0 Å². The Morgan fingerprint density at radius 2 is 0.550 bits per heavy atom. The molecule has 0 saturated carbocycles. The molecule has 0 spiro atoms. The Morgan fingerprint density at radius 1 is 0.450 bits per heavy atom. The van der Waals surface area contributed by atoms with E-state index in [9.17, 15) is 33.7 Å². The SMILES string of the molecule is O=S(=O)(O)[OH+]S(=O)(=O)O.O=S(=O)(O)[OH+]S(=O)(=O)O.[OH-].[OH-]. The molecule has 0 radical (unpaired) electrons. The van der Waals surface area contributed by atoms with Gasteiger partial charge in [0.2, 0.25) is 0 Å². The van der Waals surface area contributed by atoms with Crippen molar-refractivity contribution >= 4 is 41.6 Å². The third kappa shape index (κ3) is 36.0. The molecule has 0 aliphatic carbocycles. The molecule has 0 aromatic heterocycles. The average molecular weight is 392 g/mol. The third-order valence-electron chi connectivity index (χ3n) is 0.377. The molecule has 0 fully saturated rings. The molecule has 0 aliphatic heterocycles. The molecule has 0 saturated heterocycles. The molecule has 20 heavy (non-hydrogen) atoms. The Balaban J connectivity index is -0.000000116. The summed E-state index contributed by atoms with van der Waals surface area (Å²) in [7, 11) is -20.0. The van der Waals surface area contributed by atoms with Crippen molar-refractivity contribution in [1.82, 2.24) is 0 Å². The zero-order valence-electron chi connectivity index (χ0n) is 8.48. The molecule has 16 nitrogen and oxygen atoms in total. The third-order valence-corrected chi connectivity index (χ3v) is 3.39. The van der Waals surface area contributed by atoms with E-state index in [1.165, 1.54) is 0 Å². The Kier molecular flexibility index (Phi) is 12.1. The van der Waals surface area contributed by atoms with E-state index in [1.54, 1.807) is 7.26 Å². The smallest absolute Gasteiger partial charge is 0.545 e. The minimum Gasteiger partial charge on any atom is -0.870 e. The van der Waals surface area contributed by atoms with E-state index in [0.717, 1.165) is 0 Å². The molecule has 0 bridgehead atoms. The topological polar surface area (TPSA) is 303 Å². The second kappa shape index (κ2) is 8.70. The van der Waals surface area contributed by atoms with Crippen LogP contribution in [0.4, 0.5) is 0 Å². The van der Waals surface area contributed by atoms with E-state index in [0.29, 0.717) is 0 Å². The van der Waals surface area contributed by atoms with Crippen LogP contribution >= 0.6 is 0 Å². The largest absolute Gasteiger partial charge is 0.870 e. The van der Waals surface area contributed by atoms with Gasteiger partial charge in [0, 0.05) is 0 Å². The van der Waals surface area contributed by atoms with Crippen molar-refractivity contribution in [2.75, 3.05) is 0 Å². The molecule has 0 aromatic rings. The van der Waals surface area contributed by atoms with E-state index < -0.39 is 41.6 Å². The minimum atomic E-state index is -4.99. The predicted octanol–water partition coefficient (Wildman–Crippen LogP) is -2.98. The first-order valence-corrected chi connectivity index (χ1v) is 8.38. The van der Waals surface area contributed by atoms with Crippen LogP contribution in [0.3, 0.4) is 0 Å². The zero-order valence-corrected chi connectivity index (χ0v) is 11.7. The fourth-order valence-electron chi connectivity index (χ4n) is 0.238. The first-order valence-electron chi connectivity index (χ1n) is 2.79. The van der Waals surface area contributed by atoms with E-state index in [1.807, 2.05) is 0 Å². The van der Waals surface area contributed by atoms with Crippen LogP contribution in [0.15, 0.2) is 0 Å². The van der Waals surface area contributed by atoms with Crippen molar-refractivity contribution in [2.45, 2.75) is 0 Å². The molecule has 8 N–H and O–H groups in total. The van der Waals surface area contributed by atoms with Gasteiger partial charge in [0.05, 0.1) is 0 Å². The lowest BCUT2D eigenvalue weighted by Gasteiger charge is -1.84. The Morgan fingerprint density at radius 3 is 0.550 bits per heavy atom. The van der Waals surface area contributed by atoms with Gasteiger partial charge in [-0.2, -0.15) is 7.26 Å². The lowest BCUT2D eigenvalue weighted by atomic mass is 15.8.